The highest BCUT2D eigenvalue weighted by Crippen LogP contribution is 2.35. The highest BCUT2D eigenvalue weighted by Gasteiger charge is 2.22. The van der Waals surface area contributed by atoms with Gasteiger partial charge in [0.1, 0.15) is 0 Å². The standard InChI is InChI=1S/C22H18O2/c1-13(2)21(23)19-15-9-5-7-11-17(15)20(22(24)14(3)4)18-12-8-6-10-16(18)19/h5-12H,1,3H2,2,4H3. The lowest BCUT2D eigenvalue weighted by molar-refractivity contribution is 0.102. The summed E-state index contributed by atoms with van der Waals surface area (Å²) in [4.78, 5) is 25.6. The Balaban J connectivity index is 2.61. The molecule has 0 heterocycles. The number of benzene rings is 3. The molecule has 0 aromatic heterocycles. The van der Waals surface area contributed by atoms with E-state index in [9.17, 15) is 9.59 Å². The summed E-state index contributed by atoms with van der Waals surface area (Å²) in [7, 11) is 0. The molecule has 0 aliphatic carbocycles. The molecule has 0 aliphatic rings. The molecule has 0 atom stereocenters. The lowest BCUT2D eigenvalue weighted by Gasteiger charge is -2.15. The van der Waals surface area contributed by atoms with Crippen molar-refractivity contribution in [1.82, 2.24) is 0 Å². The molecular weight excluding hydrogens is 296 g/mol. The lowest BCUT2D eigenvalue weighted by atomic mass is 9.86. The maximum absolute atomic E-state index is 12.8. The van der Waals surface area contributed by atoms with Crippen LogP contribution in [0.25, 0.3) is 21.5 Å². The van der Waals surface area contributed by atoms with Crippen molar-refractivity contribution in [2.45, 2.75) is 13.8 Å². The lowest BCUT2D eigenvalue weighted by Crippen LogP contribution is -2.07. The average molecular weight is 314 g/mol. The van der Waals surface area contributed by atoms with Crippen LogP contribution in [0.3, 0.4) is 0 Å². The summed E-state index contributed by atoms with van der Waals surface area (Å²) < 4.78 is 0. The van der Waals surface area contributed by atoms with Gasteiger partial charge in [-0.25, -0.2) is 0 Å². The topological polar surface area (TPSA) is 34.1 Å². The van der Waals surface area contributed by atoms with Gasteiger partial charge in [-0.2, -0.15) is 0 Å². The summed E-state index contributed by atoms with van der Waals surface area (Å²) in [6, 6.07) is 15.0. The normalized spacial score (nSPS) is 10.8. The van der Waals surface area contributed by atoms with Crippen molar-refractivity contribution >= 4 is 33.1 Å². The van der Waals surface area contributed by atoms with Gasteiger partial charge in [-0.05, 0) is 46.5 Å². The predicted octanol–water partition coefficient (Wildman–Crippen LogP) is 5.51. The minimum absolute atomic E-state index is 0.100. The minimum Gasteiger partial charge on any atom is -0.289 e. The van der Waals surface area contributed by atoms with Gasteiger partial charge >= 0.3 is 0 Å². The molecule has 3 aromatic rings. The molecule has 0 radical (unpaired) electrons. The van der Waals surface area contributed by atoms with Gasteiger partial charge in [0.15, 0.2) is 11.6 Å². The Kier molecular flexibility index (Phi) is 3.90. The maximum atomic E-state index is 12.8. The monoisotopic (exact) mass is 314 g/mol. The summed E-state index contributed by atoms with van der Waals surface area (Å²) in [5, 5.41) is 3.09. The number of carbonyl (C=O) groups is 2. The number of carbonyl (C=O) groups excluding carboxylic acids is 2. The summed E-state index contributed by atoms with van der Waals surface area (Å²) in [5.74, 6) is -0.201. The van der Waals surface area contributed by atoms with Crippen LogP contribution in [0.1, 0.15) is 34.6 Å². The number of rotatable bonds is 4. The van der Waals surface area contributed by atoms with Crippen LogP contribution in [0.2, 0.25) is 0 Å². The zero-order valence-corrected chi connectivity index (χ0v) is 13.8. The quantitative estimate of drug-likeness (QED) is 0.361. The molecule has 0 unspecified atom stereocenters. The maximum Gasteiger partial charge on any atom is 0.189 e. The Bertz CT molecular complexity index is 897. The van der Waals surface area contributed by atoms with Crippen LogP contribution in [0, 0.1) is 0 Å². The van der Waals surface area contributed by atoms with Crippen molar-refractivity contribution in [3.05, 3.63) is 84.0 Å². The Morgan fingerprint density at radius 2 is 0.875 bits per heavy atom. The molecule has 2 nitrogen and oxygen atoms in total. The van der Waals surface area contributed by atoms with Gasteiger partial charge in [0.25, 0.3) is 0 Å². The van der Waals surface area contributed by atoms with Crippen LogP contribution in [0.5, 0.6) is 0 Å². The fraction of sp³-hybridized carbons (Fsp3) is 0.0909. The third kappa shape index (κ3) is 2.37. The number of hydrogen-bond donors (Lipinski definition) is 0. The van der Waals surface area contributed by atoms with Crippen molar-refractivity contribution in [3.63, 3.8) is 0 Å². The predicted molar refractivity (Wildman–Crippen MR) is 99.7 cm³/mol. The largest absolute Gasteiger partial charge is 0.289 e. The number of allylic oxidation sites excluding steroid dienone is 2. The van der Waals surface area contributed by atoms with Crippen molar-refractivity contribution in [2.75, 3.05) is 0 Å². The molecule has 0 fully saturated rings. The van der Waals surface area contributed by atoms with Crippen LogP contribution in [0.4, 0.5) is 0 Å². The zero-order chi connectivity index (χ0) is 17.4. The molecule has 0 amide bonds. The van der Waals surface area contributed by atoms with Gasteiger partial charge in [0.2, 0.25) is 0 Å². The fourth-order valence-electron chi connectivity index (χ4n) is 3.04. The molecule has 24 heavy (non-hydrogen) atoms. The number of hydrogen-bond acceptors (Lipinski definition) is 2. The molecular formula is C22H18O2. The Hall–Kier alpha value is -3.00. The highest BCUT2D eigenvalue weighted by molar-refractivity contribution is 6.31. The van der Waals surface area contributed by atoms with Gasteiger partial charge in [0, 0.05) is 11.1 Å². The van der Waals surface area contributed by atoms with E-state index < -0.39 is 0 Å². The highest BCUT2D eigenvalue weighted by atomic mass is 16.1. The molecule has 0 N–H and O–H groups in total. The van der Waals surface area contributed by atoms with Crippen LogP contribution in [-0.4, -0.2) is 11.6 Å². The second kappa shape index (κ2) is 5.89. The third-order valence-corrected chi connectivity index (χ3v) is 4.16. The van der Waals surface area contributed by atoms with Crippen LogP contribution in [0.15, 0.2) is 72.8 Å². The molecule has 0 saturated heterocycles. The molecule has 0 saturated carbocycles. The van der Waals surface area contributed by atoms with Gasteiger partial charge in [-0.1, -0.05) is 61.7 Å². The zero-order valence-electron chi connectivity index (χ0n) is 13.8. The average Bonchev–Trinajstić information content (AvgIpc) is 2.58. The van der Waals surface area contributed by atoms with E-state index in [-0.39, 0.29) is 11.6 Å². The molecule has 3 aromatic carbocycles. The van der Waals surface area contributed by atoms with Crippen LogP contribution >= 0.6 is 0 Å². The first-order valence-corrected chi connectivity index (χ1v) is 7.77. The van der Waals surface area contributed by atoms with E-state index in [4.69, 9.17) is 0 Å². The van der Waals surface area contributed by atoms with Gasteiger partial charge < -0.3 is 0 Å². The third-order valence-electron chi connectivity index (χ3n) is 4.16. The molecule has 2 heteroatoms. The van der Waals surface area contributed by atoms with Gasteiger partial charge in [0.05, 0.1) is 0 Å². The van der Waals surface area contributed by atoms with Crippen molar-refractivity contribution in [3.8, 4) is 0 Å². The van der Waals surface area contributed by atoms with E-state index in [1.54, 1.807) is 13.8 Å². The fourth-order valence-corrected chi connectivity index (χ4v) is 3.04. The van der Waals surface area contributed by atoms with Crippen molar-refractivity contribution < 1.29 is 9.59 Å². The van der Waals surface area contributed by atoms with E-state index in [1.807, 2.05) is 48.5 Å². The number of fused-ring (bicyclic) bond motifs is 2. The SMILES string of the molecule is C=C(C)C(=O)c1c2ccccc2c(C(=O)C(=C)C)c2ccccc12. The summed E-state index contributed by atoms with van der Waals surface area (Å²) in [6.07, 6.45) is 0. The summed E-state index contributed by atoms with van der Waals surface area (Å²) in [6.45, 7) is 11.0. The van der Waals surface area contributed by atoms with E-state index >= 15 is 0 Å². The smallest absolute Gasteiger partial charge is 0.189 e. The second-order valence-electron chi connectivity index (χ2n) is 6.06. The first-order chi connectivity index (χ1) is 11.4. The Morgan fingerprint density at radius 3 is 1.08 bits per heavy atom. The summed E-state index contributed by atoms with van der Waals surface area (Å²) >= 11 is 0. The molecule has 3 rings (SSSR count). The van der Waals surface area contributed by atoms with E-state index in [0.29, 0.717) is 22.3 Å². The Morgan fingerprint density at radius 1 is 0.625 bits per heavy atom. The number of ketones is 2. The first-order valence-electron chi connectivity index (χ1n) is 7.77. The molecule has 118 valence electrons. The minimum atomic E-state index is -0.100. The van der Waals surface area contributed by atoms with Crippen molar-refractivity contribution in [2.24, 2.45) is 0 Å². The number of Topliss-reactive ketones (excluding diaryl/α,β-unsaturated/α-hetero) is 2. The molecule has 0 spiro atoms. The van der Waals surface area contributed by atoms with Crippen LogP contribution in [-0.2, 0) is 0 Å². The van der Waals surface area contributed by atoms with Gasteiger partial charge in [-0.3, -0.25) is 9.59 Å². The van der Waals surface area contributed by atoms with Crippen LogP contribution < -0.4 is 0 Å². The summed E-state index contributed by atoms with van der Waals surface area (Å²) in [5.41, 5.74) is 2.16. The van der Waals surface area contributed by atoms with E-state index in [2.05, 4.69) is 13.2 Å². The van der Waals surface area contributed by atoms with Gasteiger partial charge in [-0.15, -0.1) is 0 Å². The van der Waals surface area contributed by atoms with E-state index in [0.717, 1.165) is 21.5 Å². The molecule has 0 bridgehead atoms. The molecule has 0 aliphatic heterocycles. The first kappa shape index (κ1) is 15.9. The second-order valence-corrected chi connectivity index (χ2v) is 6.06. The Labute approximate surface area is 141 Å². The van der Waals surface area contributed by atoms with E-state index in [1.165, 1.54) is 0 Å². The van der Waals surface area contributed by atoms with Crippen molar-refractivity contribution in [1.29, 1.82) is 0 Å².